The first-order chi connectivity index (χ1) is 7.63. The fraction of sp³-hybridized carbons (Fsp3) is 0.556. The molecule has 0 radical (unpaired) electrons. The number of hydrogen-bond acceptors (Lipinski definition) is 6. The summed E-state index contributed by atoms with van der Waals surface area (Å²) in [6, 6.07) is 0.238. The molecule has 0 aliphatic rings. The highest BCUT2D eigenvalue weighted by atomic mass is 32.2. The molecule has 1 heterocycles. The highest BCUT2D eigenvalue weighted by Crippen LogP contribution is 2.16. The second-order valence-corrected chi connectivity index (χ2v) is 5.40. The molecule has 5 N–H and O–H groups in total. The van der Waals surface area contributed by atoms with Crippen molar-refractivity contribution in [3.05, 3.63) is 16.1 Å². The SMILES string of the molecule is CC(N)CCSCc1csc(C(=O)NN)n1. The second kappa shape index (κ2) is 6.85. The molecule has 16 heavy (non-hydrogen) atoms. The molecule has 1 aromatic rings. The number of nitrogens with zero attached hydrogens (tertiary/aromatic N) is 1. The molecule has 0 aliphatic carbocycles. The average molecular weight is 260 g/mol. The van der Waals surface area contributed by atoms with Gasteiger partial charge in [-0.25, -0.2) is 10.8 Å². The Labute approximate surface area is 103 Å². The van der Waals surface area contributed by atoms with Gasteiger partial charge in [-0.05, 0) is 19.1 Å². The summed E-state index contributed by atoms with van der Waals surface area (Å²) in [5.41, 5.74) is 8.62. The van der Waals surface area contributed by atoms with Crippen molar-refractivity contribution >= 4 is 29.0 Å². The maximum Gasteiger partial charge on any atom is 0.294 e. The van der Waals surface area contributed by atoms with E-state index in [2.05, 4.69) is 10.4 Å². The first-order valence-electron chi connectivity index (χ1n) is 4.92. The van der Waals surface area contributed by atoms with Crippen LogP contribution in [0.1, 0.15) is 28.8 Å². The van der Waals surface area contributed by atoms with Gasteiger partial charge < -0.3 is 5.73 Å². The first-order valence-corrected chi connectivity index (χ1v) is 6.95. The third-order valence-corrected chi connectivity index (χ3v) is 3.76. The van der Waals surface area contributed by atoms with E-state index in [1.54, 1.807) is 11.8 Å². The molecule has 1 aromatic heterocycles. The number of nitrogens with two attached hydrogens (primary N) is 2. The van der Waals surface area contributed by atoms with Crippen LogP contribution in [0.2, 0.25) is 0 Å². The van der Waals surface area contributed by atoms with Crippen molar-refractivity contribution in [3.8, 4) is 0 Å². The number of aromatic nitrogens is 1. The molecule has 0 saturated heterocycles. The van der Waals surface area contributed by atoms with Gasteiger partial charge in [0.05, 0.1) is 5.69 Å². The van der Waals surface area contributed by atoms with Gasteiger partial charge in [-0.3, -0.25) is 10.2 Å². The molecule has 1 atom stereocenters. The minimum Gasteiger partial charge on any atom is -0.328 e. The number of nitrogens with one attached hydrogen (secondary N) is 1. The topological polar surface area (TPSA) is 94.0 Å². The Bertz CT molecular complexity index is 340. The van der Waals surface area contributed by atoms with E-state index in [0.29, 0.717) is 5.01 Å². The lowest BCUT2D eigenvalue weighted by Crippen LogP contribution is -2.29. The summed E-state index contributed by atoms with van der Waals surface area (Å²) in [5, 5.41) is 2.29. The number of thioether (sulfide) groups is 1. The predicted molar refractivity (Wildman–Crippen MR) is 68.2 cm³/mol. The summed E-state index contributed by atoms with van der Waals surface area (Å²) in [4.78, 5) is 15.3. The lowest BCUT2D eigenvalue weighted by molar-refractivity contribution is 0.0953. The smallest absolute Gasteiger partial charge is 0.294 e. The zero-order valence-electron chi connectivity index (χ0n) is 9.10. The Morgan fingerprint density at radius 1 is 1.75 bits per heavy atom. The number of hydrogen-bond donors (Lipinski definition) is 3. The highest BCUT2D eigenvalue weighted by Gasteiger charge is 2.09. The molecular weight excluding hydrogens is 244 g/mol. The van der Waals surface area contributed by atoms with Crippen LogP contribution in [0.3, 0.4) is 0 Å². The van der Waals surface area contributed by atoms with Crippen LogP contribution in [0, 0.1) is 0 Å². The van der Waals surface area contributed by atoms with E-state index >= 15 is 0 Å². The highest BCUT2D eigenvalue weighted by molar-refractivity contribution is 7.98. The van der Waals surface area contributed by atoms with Gasteiger partial charge in [-0.1, -0.05) is 0 Å². The van der Waals surface area contributed by atoms with E-state index in [9.17, 15) is 4.79 Å². The maximum absolute atomic E-state index is 11.1. The summed E-state index contributed by atoms with van der Waals surface area (Å²) in [5.74, 6) is 6.49. The molecule has 0 fully saturated rings. The van der Waals surface area contributed by atoms with Gasteiger partial charge in [0, 0.05) is 17.2 Å². The minimum atomic E-state index is -0.336. The van der Waals surface area contributed by atoms with Crippen LogP contribution < -0.4 is 17.0 Å². The van der Waals surface area contributed by atoms with Crippen molar-refractivity contribution < 1.29 is 4.79 Å². The van der Waals surface area contributed by atoms with E-state index in [1.165, 1.54) is 11.3 Å². The normalized spacial score (nSPS) is 12.4. The maximum atomic E-state index is 11.1. The Balaban J connectivity index is 2.32. The van der Waals surface area contributed by atoms with Gasteiger partial charge in [0.25, 0.3) is 5.91 Å². The van der Waals surface area contributed by atoms with E-state index in [-0.39, 0.29) is 11.9 Å². The number of hydrazine groups is 1. The predicted octanol–water partition coefficient (Wildman–Crippen LogP) is 0.717. The minimum absolute atomic E-state index is 0.238. The zero-order chi connectivity index (χ0) is 12.0. The van der Waals surface area contributed by atoms with Crippen molar-refractivity contribution in [3.63, 3.8) is 0 Å². The van der Waals surface area contributed by atoms with Crippen molar-refractivity contribution in [1.82, 2.24) is 10.4 Å². The van der Waals surface area contributed by atoms with Crippen molar-refractivity contribution in [1.29, 1.82) is 0 Å². The van der Waals surface area contributed by atoms with Crippen LogP contribution in [0.15, 0.2) is 5.38 Å². The fourth-order valence-corrected chi connectivity index (χ4v) is 2.85. The van der Waals surface area contributed by atoms with Gasteiger partial charge in [-0.15, -0.1) is 11.3 Å². The van der Waals surface area contributed by atoms with Gasteiger partial charge in [0.1, 0.15) is 0 Å². The van der Waals surface area contributed by atoms with Crippen LogP contribution in [0.25, 0.3) is 0 Å². The van der Waals surface area contributed by atoms with Crippen molar-refractivity contribution in [2.75, 3.05) is 5.75 Å². The van der Waals surface area contributed by atoms with Gasteiger partial charge >= 0.3 is 0 Å². The summed E-state index contributed by atoms with van der Waals surface area (Å²) in [6.07, 6.45) is 0.991. The third-order valence-electron chi connectivity index (χ3n) is 1.84. The number of carbonyl (C=O) groups is 1. The molecule has 0 saturated carbocycles. The second-order valence-electron chi connectivity index (χ2n) is 3.44. The summed E-state index contributed by atoms with van der Waals surface area (Å²) < 4.78 is 0. The van der Waals surface area contributed by atoms with E-state index < -0.39 is 0 Å². The van der Waals surface area contributed by atoms with Crippen LogP contribution in [0.4, 0.5) is 0 Å². The van der Waals surface area contributed by atoms with Gasteiger partial charge in [-0.2, -0.15) is 11.8 Å². The number of nitrogen functional groups attached to an aromatic ring is 1. The zero-order valence-corrected chi connectivity index (χ0v) is 10.7. The Hall–Kier alpha value is -0.630. The molecule has 90 valence electrons. The summed E-state index contributed by atoms with van der Waals surface area (Å²) in [7, 11) is 0. The lowest BCUT2D eigenvalue weighted by atomic mass is 10.3. The molecule has 1 unspecified atom stereocenters. The van der Waals surface area contributed by atoms with Gasteiger partial charge in [0.15, 0.2) is 5.01 Å². The number of amides is 1. The van der Waals surface area contributed by atoms with Crippen LogP contribution in [-0.4, -0.2) is 22.7 Å². The third kappa shape index (κ3) is 4.48. The fourth-order valence-electron chi connectivity index (χ4n) is 0.985. The van der Waals surface area contributed by atoms with Crippen molar-refractivity contribution in [2.24, 2.45) is 11.6 Å². The molecule has 7 heteroatoms. The Morgan fingerprint density at radius 2 is 2.50 bits per heavy atom. The first kappa shape index (κ1) is 13.4. The van der Waals surface area contributed by atoms with E-state index in [1.807, 2.05) is 12.3 Å². The quantitative estimate of drug-likeness (QED) is 0.303. The van der Waals surface area contributed by atoms with Crippen molar-refractivity contribution in [2.45, 2.75) is 25.1 Å². The molecular formula is C9H16N4OS2. The molecule has 5 nitrogen and oxygen atoms in total. The van der Waals surface area contributed by atoms with Crippen LogP contribution in [0.5, 0.6) is 0 Å². The molecule has 1 amide bonds. The number of thiazole rings is 1. The summed E-state index contributed by atoms with van der Waals surface area (Å²) in [6.45, 7) is 1.99. The molecule has 0 spiro atoms. The molecule has 1 rings (SSSR count). The lowest BCUT2D eigenvalue weighted by Gasteiger charge is -2.02. The Morgan fingerprint density at radius 3 is 3.12 bits per heavy atom. The van der Waals surface area contributed by atoms with Crippen LogP contribution >= 0.6 is 23.1 Å². The Kier molecular flexibility index (Phi) is 5.75. The monoisotopic (exact) mass is 260 g/mol. The average Bonchev–Trinajstić information content (AvgIpc) is 2.71. The van der Waals surface area contributed by atoms with E-state index in [4.69, 9.17) is 11.6 Å². The molecule has 0 bridgehead atoms. The standard InChI is InChI=1S/C9H16N4OS2/c1-6(10)2-3-15-4-7-5-16-9(12-7)8(14)13-11/h5-6H,2-4,10-11H2,1H3,(H,13,14). The van der Waals surface area contributed by atoms with Gasteiger partial charge in [0.2, 0.25) is 0 Å². The van der Waals surface area contributed by atoms with E-state index in [0.717, 1.165) is 23.6 Å². The largest absolute Gasteiger partial charge is 0.328 e. The number of carbonyl (C=O) groups excluding carboxylic acids is 1. The van der Waals surface area contributed by atoms with Crippen LogP contribution in [-0.2, 0) is 5.75 Å². The summed E-state index contributed by atoms with van der Waals surface area (Å²) >= 11 is 3.07. The molecule has 0 aliphatic heterocycles. The number of rotatable bonds is 6. The molecule has 0 aromatic carbocycles.